The summed E-state index contributed by atoms with van der Waals surface area (Å²) in [5.74, 6) is -1.22. The van der Waals surface area contributed by atoms with Gasteiger partial charge in [-0.15, -0.1) is 0 Å². The third-order valence-electron chi connectivity index (χ3n) is 1.61. The third-order valence-corrected chi connectivity index (χ3v) is 1.79. The van der Waals surface area contributed by atoms with Gasteiger partial charge in [-0.2, -0.15) is 0 Å². The van der Waals surface area contributed by atoms with E-state index in [1.54, 1.807) is 10.6 Å². The Balaban J connectivity index is 3.06. The quantitative estimate of drug-likeness (QED) is 0.823. The van der Waals surface area contributed by atoms with Gasteiger partial charge in [-0.25, -0.2) is 4.79 Å². The van der Waals surface area contributed by atoms with Crippen LogP contribution in [-0.2, 0) is 6.54 Å². The Morgan fingerprint density at radius 1 is 1.64 bits per heavy atom. The topological polar surface area (TPSA) is 59.3 Å². The molecule has 0 fully saturated rings. The van der Waals surface area contributed by atoms with Crippen molar-refractivity contribution in [3.05, 3.63) is 45.9 Å². The number of hydrogen-bond acceptors (Lipinski definition) is 2. The average molecular weight is 214 g/mol. The second kappa shape index (κ2) is 4.62. The van der Waals surface area contributed by atoms with Gasteiger partial charge in [0.15, 0.2) is 5.43 Å². The number of nitrogens with zero attached hydrogens (tertiary/aromatic N) is 1. The first-order valence-corrected chi connectivity index (χ1v) is 4.27. The van der Waals surface area contributed by atoms with E-state index in [0.29, 0.717) is 6.54 Å². The predicted molar refractivity (Wildman–Crippen MR) is 52.7 cm³/mol. The van der Waals surface area contributed by atoms with Gasteiger partial charge in [0.2, 0.25) is 0 Å². The van der Waals surface area contributed by atoms with Gasteiger partial charge in [0.1, 0.15) is 5.56 Å². The molecule has 14 heavy (non-hydrogen) atoms. The molecule has 0 radical (unpaired) electrons. The number of aromatic nitrogens is 1. The first-order chi connectivity index (χ1) is 6.65. The molecule has 0 saturated heterocycles. The molecule has 4 nitrogen and oxygen atoms in total. The minimum absolute atomic E-state index is 0.240. The molecule has 0 bridgehead atoms. The maximum absolute atomic E-state index is 11.0. The Bertz CT molecular complexity index is 422. The van der Waals surface area contributed by atoms with E-state index in [1.807, 2.05) is 0 Å². The van der Waals surface area contributed by atoms with Gasteiger partial charge < -0.3 is 9.67 Å². The van der Waals surface area contributed by atoms with E-state index in [9.17, 15) is 9.59 Å². The van der Waals surface area contributed by atoms with Gasteiger partial charge in [-0.1, -0.05) is 17.7 Å². The number of halogens is 1. The zero-order valence-corrected chi connectivity index (χ0v) is 7.94. The van der Waals surface area contributed by atoms with E-state index in [4.69, 9.17) is 16.7 Å². The summed E-state index contributed by atoms with van der Waals surface area (Å²) in [5, 5.41) is 8.66. The summed E-state index contributed by atoms with van der Waals surface area (Å²) in [4.78, 5) is 21.6. The number of rotatable bonds is 3. The van der Waals surface area contributed by atoms with Crippen molar-refractivity contribution in [1.82, 2.24) is 4.57 Å². The van der Waals surface area contributed by atoms with Crippen molar-refractivity contribution in [2.75, 3.05) is 0 Å². The zero-order valence-electron chi connectivity index (χ0n) is 7.18. The smallest absolute Gasteiger partial charge is 0.341 e. The van der Waals surface area contributed by atoms with Gasteiger partial charge in [-0.3, -0.25) is 4.79 Å². The van der Waals surface area contributed by atoms with Crippen LogP contribution in [-0.4, -0.2) is 15.6 Å². The third kappa shape index (κ3) is 2.47. The van der Waals surface area contributed by atoms with Gasteiger partial charge >= 0.3 is 5.97 Å². The number of carbonyl (C=O) groups is 1. The van der Waals surface area contributed by atoms with Gasteiger partial charge in [0.25, 0.3) is 0 Å². The Morgan fingerprint density at radius 2 is 2.36 bits per heavy atom. The molecule has 1 heterocycles. The van der Waals surface area contributed by atoms with Crippen LogP contribution in [0.3, 0.4) is 0 Å². The van der Waals surface area contributed by atoms with Crippen molar-refractivity contribution in [3.63, 3.8) is 0 Å². The molecule has 0 aromatic carbocycles. The van der Waals surface area contributed by atoms with E-state index in [2.05, 4.69) is 0 Å². The number of aromatic carboxylic acids is 1. The first-order valence-electron chi connectivity index (χ1n) is 3.83. The molecule has 0 aliphatic carbocycles. The van der Waals surface area contributed by atoms with Gasteiger partial charge in [0, 0.05) is 30.5 Å². The summed E-state index contributed by atoms with van der Waals surface area (Å²) in [7, 11) is 0. The SMILES string of the molecule is O=C(O)c1cn(C/C=C/Cl)ccc1=O. The minimum Gasteiger partial charge on any atom is -0.477 e. The number of carboxylic acids is 1. The molecular formula is C9H8ClNO3. The van der Waals surface area contributed by atoms with Crippen LogP contribution in [0, 0.1) is 0 Å². The second-order valence-corrected chi connectivity index (χ2v) is 2.84. The molecule has 0 atom stereocenters. The van der Waals surface area contributed by atoms with Crippen LogP contribution in [0.1, 0.15) is 10.4 Å². The summed E-state index contributed by atoms with van der Waals surface area (Å²) < 4.78 is 1.56. The second-order valence-electron chi connectivity index (χ2n) is 2.59. The van der Waals surface area contributed by atoms with Crippen molar-refractivity contribution < 1.29 is 9.90 Å². The molecule has 1 aromatic heterocycles. The van der Waals surface area contributed by atoms with Crippen LogP contribution < -0.4 is 5.43 Å². The molecule has 0 aliphatic heterocycles. The van der Waals surface area contributed by atoms with Gasteiger partial charge in [0.05, 0.1) is 0 Å². The summed E-state index contributed by atoms with van der Waals surface area (Å²) in [6.07, 6.45) is 4.42. The van der Waals surface area contributed by atoms with Crippen molar-refractivity contribution in [2.24, 2.45) is 0 Å². The Morgan fingerprint density at radius 3 is 2.93 bits per heavy atom. The molecule has 74 valence electrons. The maximum Gasteiger partial charge on any atom is 0.341 e. The van der Waals surface area contributed by atoms with Crippen LogP contribution >= 0.6 is 11.6 Å². The number of hydrogen-bond donors (Lipinski definition) is 1. The number of carboxylic acid groups (broad SMARTS) is 1. The average Bonchev–Trinajstić information content (AvgIpc) is 2.16. The van der Waals surface area contributed by atoms with Crippen LogP contribution in [0.5, 0.6) is 0 Å². The molecule has 5 heteroatoms. The molecule has 0 unspecified atom stereocenters. The highest BCUT2D eigenvalue weighted by Gasteiger charge is 2.07. The predicted octanol–water partition coefficient (Wildman–Crippen LogP) is 1.30. The van der Waals surface area contributed by atoms with E-state index in [1.165, 1.54) is 24.0 Å². The number of allylic oxidation sites excluding steroid dienone is 1. The fourth-order valence-electron chi connectivity index (χ4n) is 0.961. The van der Waals surface area contributed by atoms with Crippen molar-refractivity contribution in [3.8, 4) is 0 Å². The van der Waals surface area contributed by atoms with Crippen LogP contribution in [0.2, 0.25) is 0 Å². The molecule has 0 aliphatic rings. The lowest BCUT2D eigenvalue weighted by molar-refractivity contribution is 0.0694. The van der Waals surface area contributed by atoms with E-state index >= 15 is 0 Å². The molecule has 1 aromatic rings. The fraction of sp³-hybridized carbons (Fsp3) is 0.111. The van der Waals surface area contributed by atoms with E-state index in [0.717, 1.165) is 0 Å². The minimum atomic E-state index is -1.22. The molecule has 1 rings (SSSR count). The highest BCUT2D eigenvalue weighted by molar-refractivity contribution is 6.25. The van der Waals surface area contributed by atoms with Crippen LogP contribution in [0.15, 0.2) is 34.9 Å². The Hall–Kier alpha value is -1.55. The highest BCUT2D eigenvalue weighted by Crippen LogP contribution is 1.94. The summed E-state index contributed by atoms with van der Waals surface area (Å²) in [6, 6.07) is 1.21. The zero-order chi connectivity index (χ0) is 10.6. The van der Waals surface area contributed by atoms with Crippen molar-refractivity contribution in [1.29, 1.82) is 0 Å². The van der Waals surface area contributed by atoms with Crippen molar-refractivity contribution >= 4 is 17.6 Å². The monoisotopic (exact) mass is 213 g/mol. The van der Waals surface area contributed by atoms with E-state index < -0.39 is 11.4 Å². The fourth-order valence-corrected chi connectivity index (χ4v) is 1.04. The summed E-state index contributed by atoms with van der Waals surface area (Å²) in [5.41, 5.74) is 0.595. The lowest BCUT2D eigenvalue weighted by Crippen LogP contribution is -2.16. The standard InChI is InChI=1S/C9H8ClNO3/c10-3-1-4-11-5-2-8(12)7(6-11)9(13)14/h1-3,5-6H,4H2,(H,13,14)/b3-1+. The van der Waals surface area contributed by atoms with E-state index in [-0.39, 0.29) is 5.56 Å². The maximum atomic E-state index is 11.0. The first kappa shape index (κ1) is 10.5. The van der Waals surface area contributed by atoms with Crippen LogP contribution in [0.25, 0.3) is 0 Å². The molecule has 0 spiro atoms. The lowest BCUT2D eigenvalue weighted by atomic mass is 10.3. The Labute approximate surface area is 85.1 Å². The summed E-state index contributed by atoms with van der Waals surface area (Å²) >= 11 is 5.31. The highest BCUT2D eigenvalue weighted by atomic mass is 35.5. The van der Waals surface area contributed by atoms with Crippen molar-refractivity contribution in [2.45, 2.75) is 6.54 Å². The van der Waals surface area contributed by atoms with Gasteiger partial charge in [-0.05, 0) is 0 Å². The summed E-state index contributed by atoms with van der Waals surface area (Å²) in [6.45, 7) is 0.435. The molecule has 1 N–H and O–H groups in total. The molecular weight excluding hydrogens is 206 g/mol. The normalized spacial score (nSPS) is 10.6. The molecule has 0 saturated carbocycles. The Kier molecular flexibility index (Phi) is 3.48. The molecule has 0 amide bonds. The lowest BCUT2D eigenvalue weighted by Gasteiger charge is -2.02. The number of pyridine rings is 1. The largest absolute Gasteiger partial charge is 0.477 e. The van der Waals surface area contributed by atoms with Crippen LogP contribution in [0.4, 0.5) is 0 Å².